The fraction of sp³-hybridized carbons (Fsp3) is 0.923. The summed E-state index contributed by atoms with van der Waals surface area (Å²) in [5.74, 6) is 0.130. The lowest BCUT2D eigenvalue weighted by atomic mass is 10.1. The van der Waals surface area contributed by atoms with E-state index in [1.165, 1.54) is 0 Å². The van der Waals surface area contributed by atoms with E-state index in [4.69, 9.17) is 5.73 Å². The van der Waals surface area contributed by atoms with Gasteiger partial charge >= 0.3 is 0 Å². The van der Waals surface area contributed by atoms with Crippen LogP contribution in [0.1, 0.15) is 46.5 Å². The summed E-state index contributed by atoms with van der Waals surface area (Å²) in [6.07, 6.45) is 3.51. The maximum Gasteiger partial charge on any atom is 0.220 e. The molecular formula is C13H29N3O. The summed E-state index contributed by atoms with van der Waals surface area (Å²) in [6, 6.07) is 0.274. The van der Waals surface area contributed by atoms with Crippen LogP contribution in [0.15, 0.2) is 0 Å². The van der Waals surface area contributed by atoms with Gasteiger partial charge in [0, 0.05) is 12.5 Å². The second kappa shape index (κ2) is 10.5. The highest BCUT2D eigenvalue weighted by Crippen LogP contribution is 2.00. The lowest BCUT2D eigenvalue weighted by Crippen LogP contribution is -2.33. The highest BCUT2D eigenvalue weighted by Gasteiger charge is 2.07. The summed E-state index contributed by atoms with van der Waals surface area (Å²) >= 11 is 0. The molecule has 0 heterocycles. The summed E-state index contributed by atoms with van der Waals surface area (Å²) in [5, 5.41) is 3.01. The number of nitrogens with two attached hydrogens (primary N) is 1. The first-order valence-electron chi connectivity index (χ1n) is 6.85. The summed E-state index contributed by atoms with van der Waals surface area (Å²) in [4.78, 5) is 13.9. The molecule has 1 unspecified atom stereocenters. The molecule has 0 aromatic heterocycles. The maximum atomic E-state index is 11.4. The van der Waals surface area contributed by atoms with Crippen molar-refractivity contribution in [3.05, 3.63) is 0 Å². The average Bonchev–Trinajstić information content (AvgIpc) is 2.32. The van der Waals surface area contributed by atoms with E-state index < -0.39 is 0 Å². The van der Waals surface area contributed by atoms with Crippen molar-refractivity contribution in [2.24, 2.45) is 5.73 Å². The van der Waals surface area contributed by atoms with Gasteiger partial charge in [0.2, 0.25) is 5.91 Å². The second-order valence-corrected chi connectivity index (χ2v) is 4.53. The van der Waals surface area contributed by atoms with E-state index in [9.17, 15) is 4.79 Å². The molecule has 4 heteroatoms. The van der Waals surface area contributed by atoms with Crippen molar-refractivity contribution in [1.82, 2.24) is 10.2 Å². The van der Waals surface area contributed by atoms with Crippen LogP contribution in [-0.2, 0) is 4.79 Å². The Balaban J connectivity index is 3.58. The largest absolute Gasteiger partial charge is 0.354 e. The lowest BCUT2D eigenvalue weighted by Gasteiger charge is -2.19. The third-order valence-corrected chi connectivity index (χ3v) is 3.02. The molecule has 0 aliphatic rings. The maximum absolute atomic E-state index is 11.4. The van der Waals surface area contributed by atoms with Crippen molar-refractivity contribution in [2.45, 2.75) is 52.5 Å². The molecular weight excluding hydrogens is 214 g/mol. The lowest BCUT2D eigenvalue weighted by molar-refractivity contribution is -0.121. The summed E-state index contributed by atoms with van der Waals surface area (Å²) in [6.45, 7) is 10.4. The monoisotopic (exact) mass is 243 g/mol. The highest BCUT2D eigenvalue weighted by atomic mass is 16.1. The Labute approximate surface area is 106 Å². The van der Waals surface area contributed by atoms with Crippen LogP contribution in [0.3, 0.4) is 0 Å². The standard InChI is InChI=1S/C13H29N3O/c1-4-16(5-2)11-7-8-12(3)15-13(17)9-6-10-14/h12H,4-11,14H2,1-3H3,(H,15,17). The van der Waals surface area contributed by atoms with Gasteiger partial charge in [0.15, 0.2) is 0 Å². The number of hydrogen-bond acceptors (Lipinski definition) is 3. The molecule has 1 atom stereocenters. The van der Waals surface area contributed by atoms with Crippen LogP contribution in [0, 0.1) is 0 Å². The van der Waals surface area contributed by atoms with Crippen LogP contribution in [-0.4, -0.2) is 43.0 Å². The zero-order valence-corrected chi connectivity index (χ0v) is 11.7. The second-order valence-electron chi connectivity index (χ2n) is 4.53. The van der Waals surface area contributed by atoms with Gasteiger partial charge in [-0.05, 0) is 52.4 Å². The van der Waals surface area contributed by atoms with Gasteiger partial charge in [0.05, 0.1) is 0 Å². The Morgan fingerprint density at radius 2 is 1.94 bits per heavy atom. The van der Waals surface area contributed by atoms with E-state index in [2.05, 4.69) is 31.0 Å². The molecule has 0 saturated heterocycles. The van der Waals surface area contributed by atoms with E-state index >= 15 is 0 Å². The number of carbonyl (C=O) groups is 1. The highest BCUT2D eigenvalue weighted by molar-refractivity contribution is 5.76. The van der Waals surface area contributed by atoms with Gasteiger partial charge in [0.1, 0.15) is 0 Å². The van der Waals surface area contributed by atoms with Crippen LogP contribution in [0.4, 0.5) is 0 Å². The molecule has 0 saturated carbocycles. The number of nitrogens with one attached hydrogen (secondary N) is 1. The molecule has 0 aromatic carbocycles. The number of nitrogens with zero attached hydrogens (tertiary/aromatic N) is 1. The molecule has 0 radical (unpaired) electrons. The normalized spacial score (nSPS) is 12.8. The molecule has 0 aliphatic heterocycles. The van der Waals surface area contributed by atoms with Gasteiger partial charge in [-0.1, -0.05) is 13.8 Å². The molecule has 0 aliphatic carbocycles. The molecule has 0 aromatic rings. The zero-order valence-electron chi connectivity index (χ0n) is 11.7. The minimum Gasteiger partial charge on any atom is -0.354 e. The van der Waals surface area contributed by atoms with Gasteiger partial charge in [-0.3, -0.25) is 4.79 Å². The van der Waals surface area contributed by atoms with Crippen LogP contribution < -0.4 is 11.1 Å². The minimum atomic E-state index is 0.130. The predicted molar refractivity (Wildman–Crippen MR) is 72.9 cm³/mol. The third kappa shape index (κ3) is 9.12. The minimum absolute atomic E-state index is 0.130. The molecule has 1 amide bonds. The fourth-order valence-corrected chi connectivity index (χ4v) is 1.84. The smallest absolute Gasteiger partial charge is 0.220 e. The van der Waals surface area contributed by atoms with Crippen LogP contribution in [0.2, 0.25) is 0 Å². The summed E-state index contributed by atoms with van der Waals surface area (Å²) in [5.41, 5.74) is 5.37. The SMILES string of the molecule is CCN(CC)CCCC(C)NC(=O)CCCN. The van der Waals surface area contributed by atoms with Crippen molar-refractivity contribution >= 4 is 5.91 Å². The molecule has 4 nitrogen and oxygen atoms in total. The number of carbonyl (C=O) groups excluding carboxylic acids is 1. The predicted octanol–water partition coefficient (Wildman–Crippen LogP) is 1.35. The van der Waals surface area contributed by atoms with Gasteiger partial charge in [-0.15, -0.1) is 0 Å². The van der Waals surface area contributed by atoms with Gasteiger partial charge in [0.25, 0.3) is 0 Å². The Hall–Kier alpha value is -0.610. The molecule has 0 bridgehead atoms. The van der Waals surface area contributed by atoms with Crippen molar-refractivity contribution < 1.29 is 4.79 Å². The summed E-state index contributed by atoms with van der Waals surface area (Å²) in [7, 11) is 0. The van der Waals surface area contributed by atoms with E-state index in [1.807, 2.05) is 0 Å². The third-order valence-electron chi connectivity index (χ3n) is 3.02. The molecule has 0 fully saturated rings. The average molecular weight is 243 g/mol. The Morgan fingerprint density at radius 3 is 2.47 bits per heavy atom. The van der Waals surface area contributed by atoms with Crippen LogP contribution in [0.25, 0.3) is 0 Å². The van der Waals surface area contributed by atoms with E-state index in [1.54, 1.807) is 0 Å². The first-order valence-corrected chi connectivity index (χ1v) is 6.85. The topological polar surface area (TPSA) is 58.4 Å². The number of hydrogen-bond donors (Lipinski definition) is 2. The van der Waals surface area contributed by atoms with Crippen LogP contribution in [0.5, 0.6) is 0 Å². The van der Waals surface area contributed by atoms with Crippen molar-refractivity contribution in [2.75, 3.05) is 26.2 Å². The first-order chi connectivity index (χ1) is 8.13. The van der Waals surface area contributed by atoms with E-state index in [0.29, 0.717) is 13.0 Å². The number of amides is 1. The fourth-order valence-electron chi connectivity index (χ4n) is 1.84. The van der Waals surface area contributed by atoms with Gasteiger partial charge in [-0.2, -0.15) is 0 Å². The van der Waals surface area contributed by atoms with E-state index in [-0.39, 0.29) is 11.9 Å². The van der Waals surface area contributed by atoms with Crippen molar-refractivity contribution in [1.29, 1.82) is 0 Å². The molecule has 0 rings (SSSR count). The van der Waals surface area contributed by atoms with Crippen molar-refractivity contribution in [3.63, 3.8) is 0 Å². The molecule has 3 N–H and O–H groups in total. The molecule has 17 heavy (non-hydrogen) atoms. The number of rotatable bonds is 10. The molecule has 0 spiro atoms. The van der Waals surface area contributed by atoms with Gasteiger partial charge in [-0.25, -0.2) is 0 Å². The molecule has 102 valence electrons. The Bertz CT molecular complexity index is 193. The van der Waals surface area contributed by atoms with Gasteiger partial charge < -0.3 is 16.0 Å². The summed E-state index contributed by atoms with van der Waals surface area (Å²) < 4.78 is 0. The first kappa shape index (κ1) is 16.4. The van der Waals surface area contributed by atoms with E-state index in [0.717, 1.165) is 38.9 Å². The van der Waals surface area contributed by atoms with Crippen molar-refractivity contribution in [3.8, 4) is 0 Å². The Kier molecular flexibility index (Phi) is 10.2. The zero-order chi connectivity index (χ0) is 13.1. The quantitative estimate of drug-likeness (QED) is 0.609. The Morgan fingerprint density at radius 1 is 1.29 bits per heavy atom. The van der Waals surface area contributed by atoms with Crippen LogP contribution >= 0.6 is 0 Å².